The molecule has 2 unspecified atom stereocenters. The number of hydrogen-bond donors (Lipinski definition) is 1. The van der Waals surface area contributed by atoms with Crippen LogP contribution in [-0.2, 0) is 0 Å². The van der Waals surface area contributed by atoms with Crippen molar-refractivity contribution < 1.29 is 0 Å². The summed E-state index contributed by atoms with van der Waals surface area (Å²) in [6.07, 6.45) is 1.37. The van der Waals surface area contributed by atoms with Crippen LogP contribution in [0.1, 0.15) is 13.3 Å². The third-order valence-corrected chi connectivity index (χ3v) is 5.16. The van der Waals surface area contributed by atoms with E-state index in [1.165, 1.54) is 23.7 Å². The monoisotopic (exact) mass is 175 g/mol. The summed E-state index contributed by atoms with van der Waals surface area (Å²) in [7, 11) is 0. The first-order valence-electron chi connectivity index (χ1n) is 3.80. The van der Waals surface area contributed by atoms with E-state index in [0.717, 1.165) is 6.04 Å². The van der Waals surface area contributed by atoms with Crippen LogP contribution in [0.2, 0.25) is 0 Å². The van der Waals surface area contributed by atoms with E-state index < -0.39 is 0 Å². The molecule has 0 aliphatic carbocycles. The van der Waals surface area contributed by atoms with Crippen molar-refractivity contribution in [2.45, 2.75) is 24.3 Å². The van der Waals surface area contributed by atoms with Crippen LogP contribution in [0, 0.1) is 0 Å². The maximum Gasteiger partial charge on any atom is 0.0747 e. The number of nitrogens with one attached hydrogen (secondary N) is 1. The standard InChI is InChI=1S/C7H13NS2/c1-6-4-10-7(8-6)2-3-9-5-7/h6,8H,2-5H2,1H3. The zero-order valence-electron chi connectivity index (χ0n) is 6.22. The van der Waals surface area contributed by atoms with Gasteiger partial charge in [-0.2, -0.15) is 11.8 Å². The molecule has 2 aliphatic heterocycles. The first-order chi connectivity index (χ1) is 4.81. The van der Waals surface area contributed by atoms with Crippen LogP contribution in [0.3, 0.4) is 0 Å². The number of rotatable bonds is 0. The van der Waals surface area contributed by atoms with Gasteiger partial charge in [0, 0.05) is 17.5 Å². The highest BCUT2D eigenvalue weighted by Gasteiger charge is 2.40. The van der Waals surface area contributed by atoms with Gasteiger partial charge in [-0.1, -0.05) is 0 Å². The second-order valence-electron chi connectivity index (χ2n) is 3.15. The molecule has 2 atom stereocenters. The zero-order chi connectivity index (χ0) is 7.03. The van der Waals surface area contributed by atoms with Gasteiger partial charge in [-0.25, -0.2) is 0 Å². The molecule has 58 valence electrons. The Hall–Kier alpha value is 0.660. The van der Waals surface area contributed by atoms with Crippen molar-refractivity contribution >= 4 is 23.5 Å². The number of thioether (sulfide) groups is 2. The van der Waals surface area contributed by atoms with E-state index in [2.05, 4.69) is 35.8 Å². The summed E-state index contributed by atoms with van der Waals surface area (Å²) < 4.78 is 0. The largest absolute Gasteiger partial charge is 0.299 e. The average Bonchev–Trinajstić information content (AvgIpc) is 2.46. The molecule has 1 nitrogen and oxygen atoms in total. The quantitative estimate of drug-likeness (QED) is 0.600. The SMILES string of the molecule is CC1CSC2(CCSC2)N1. The predicted octanol–water partition coefficient (Wildman–Crippen LogP) is 1.54. The molecular formula is C7H13NS2. The highest BCUT2D eigenvalue weighted by molar-refractivity contribution is 8.04. The lowest BCUT2D eigenvalue weighted by atomic mass is 10.2. The van der Waals surface area contributed by atoms with Gasteiger partial charge in [-0.05, 0) is 19.1 Å². The van der Waals surface area contributed by atoms with E-state index in [9.17, 15) is 0 Å². The minimum atomic E-state index is 0.490. The van der Waals surface area contributed by atoms with Crippen molar-refractivity contribution in [1.82, 2.24) is 5.32 Å². The second-order valence-corrected chi connectivity index (χ2v) is 5.66. The molecule has 0 bridgehead atoms. The maximum absolute atomic E-state index is 3.67. The lowest BCUT2D eigenvalue weighted by Gasteiger charge is -2.21. The van der Waals surface area contributed by atoms with Gasteiger partial charge in [0.05, 0.1) is 4.87 Å². The highest BCUT2D eigenvalue weighted by atomic mass is 32.2. The Kier molecular flexibility index (Phi) is 1.91. The van der Waals surface area contributed by atoms with Crippen LogP contribution in [0.15, 0.2) is 0 Å². The fourth-order valence-electron chi connectivity index (χ4n) is 1.59. The van der Waals surface area contributed by atoms with Crippen LogP contribution in [0.5, 0.6) is 0 Å². The van der Waals surface area contributed by atoms with Crippen molar-refractivity contribution in [1.29, 1.82) is 0 Å². The van der Waals surface area contributed by atoms with Crippen LogP contribution in [0.4, 0.5) is 0 Å². The van der Waals surface area contributed by atoms with Gasteiger partial charge in [-0.15, -0.1) is 11.8 Å². The van der Waals surface area contributed by atoms with Gasteiger partial charge in [0.15, 0.2) is 0 Å². The molecule has 3 heteroatoms. The van der Waals surface area contributed by atoms with Crippen molar-refractivity contribution in [2.75, 3.05) is 17.3 Å². The van der Waals surface area contributed by atoms with Crippen molar-refractivity contribution in [3.05, 3.63) is 0 Å². The van der Waals surface area contributed by atoms with Gasteiger partial charge >= 0.3 is 0 Å². The van der Waals surface area contributed by atoms with Crippen molar-refractivity contribution in [3.63, 3.8) is 0 Å². The Balaban J connectivity index is 2.03. The lowest BCUT2D eigenvalue weighted by Crippen LogP contribution is -2.40. The summed E-state index contributed by atoms with van der Waals surface area (Å²) in [5.41, 5.74) is 0. The topological polar surface area (TPSA) is 12.0 Å². The molecule has 0 radical (unpaired) electrons. The van der Waals surface area contributed by atoms with Crippen molar-refractivity contribution in [3.8, 4) is 0 Å². The molecule has 1 N–H and O–H groups in total. The second kappa shape index (κ2) is 2.61. The van der Waals surface area contributed by atoms with E-state index in [1.54, 1.807) is 0 Å². The Morgan fingerprint density at radius 1 is 1.60 bits per heavy atom. The Morgan fingerprint density at radius 3 is 3.00 bits per heavy atom. The first-order valence-corrected chi connectivity index (χ1v) is 5.94. The fourth-order valence-corrected chi connectivity index (χ4v) is 4.68. The summed E-state index contributed by atoms with van der Waals surface area (Å²) >= 11 is 4.22. The number of hydrogen-bond acceptors (Lipinski definition) is 3. The normalized spacial score (nSPS) is 47.1. The zero-order valence-corrected chi connectivity index (χ0v) is 7.86. The first kappa shape index (κ1) is 7.32. The van der Waals surface area contributed by atoms with Crippen LogP contribution in [0.25, 0.3) is 0 Å². The van der Waals surface area contributed by atoms with Gasteiger partial charge < -0.3 is 0 Å². The minimum Gasteiger partial charge on any atom is -0.299 e. The lowest BCUT2D eigenvalue weighted by molar-refractivity contribution is 0.492. The Bertz CT molecular complexity index is 132. The molecule has 2 rings (SSSR count). The molecule has 2 heterocycles. The van der Waals surface area contributed by atoms with Gasteiger partial charge in [0.1, 0.15) is 0 Å². The molecule has 0 aromatic rings. The molecule has 2 aliphatic rings. The molecule has 0 aromatic carbocycles. The van der Waals surface area contributed by atoms with E-state index in [-0.39, 0.29) is 0 Å². The Labute approximate surface area is 70.7 Å². The van der Waals surface area contributed by atoms with Gasteiger partial charge in [0.25, 0.3) is 0 Å². The fraction of sp³-hybridized carbons (Fsp3) is 1.00. The van der Waals surface area contributed by atoms with E-state index in [1.807, 2.05) is 0 Å². The van der Waals surface area contributed by atoms with E-state index in [0.29, 0.717) is 4.87 Å². The summed E-state index contributed by atoms with van der Waals surface area (Å²) in [4.78, 5) is 0.490. The molecule has 1 spiro atoms. The molecule has 10 heavy (non-hydrogen) atoms. The predicted molar refractivity (Wildman–Crippen MR) is 49.7 cm³/mol. The molecule has 0 aromatic heterocycles. The third kappa shape index (κ3) is 1.19. The average molecular weight is 175 g/mol. The molecule has 2 fully saturated rings. The Morgan fingerprint density at radius 2 is 2.50 bits per heavy atom. The third-order valence-electron chi connectivity index (χ3n) is 2.10. The summed E-state index contributed by atoms with van der Waals surface area (Å²) in [6, 6.07) is 0.740. The van der Waals surface area contributed by atoms with Crippen LogP contribution in [-0.4, -0.2) is 28.2 Å². The molecule has 0 amide bonds. The van der Waals surface area contributed by atoms with Gasteiger partial charge in [-0.3, -0.25) is 5.32 Å². The smallest absolute Gasteiger partial charge is 0.0747 e. The van der Waals surface area contributed by atoms with Crippen LogP contribution < -0.4 is 5.32 Å². The van der Waals surface area contributed by atoms with E-state index in [4.69, 9.17) is 0 Å². The summed E-state index contributed by atoms with van der Waals surface area (Å²) in [6.45, 7) is 2.28. The highest BCUT2D eigenvalue weighted by Crippen LogP contribution is 2.41. The van der Waals surface area contributed by atoms with E-state index >= 15 is 0 Å². The van der Waals surface area contributed by atoms with Crippen LogP contribution >= 0.6 is 23.5 Å². The van der Waals surface area contributed by atoms with Crippen molar-refractivity contribution in [2.24, 2.45) is 0 Å². The van der Waals surface area contributed by atoms with Gasteiger partial charge in [0.2, 0.25) is 0 Å². The summed E-state index contributed by atoms with van der Waals surface area (Å²) in [5.74, 6) is 3.98. The molecule has 2 saturated heterocycles. The summed E-state index contributed by atoms with van der Waals surface area (Å²) in [5, 5.41) is 3.67. The maximum atomic E-state index is 3.67. The minimum absolute atomic E-state index is 0.490. The molecule has 0 saturated carbocycles. The molecular weight excluding hydrogens is 162 g/mol.